The molecular formula is C14H18N4O. The van der Waals surface area contributed by atoms with Crippen molar-refractivity contribution >= 4 is 16.9 Å². The average molecular weight is 258 g/mol. The Hall–Kier alpha value is -1.91. The molecule has 1 atom stereocenters. The summed E-state index contributed by atoms with van der Waals surface area (Å²) >= 11 is 0. The molecular weight excluding hydrogens is 240 g/mol. The Kier molecular flexibility index (Phi) is 3.19. The van der Waals surface area contributed by atoms with E-state index >= 15 is 0 Å². The molecule has 1 aromatic carbocycles. The summed E-state index contributed by atoms with van der Waals surface area (Å²) in [6.45, 7) is 4.22. The first-order valence-corrected chi connectivity index (χ1v) is 6.80. The first kappa shape index (κ1) is 12.1. The first-order valence-electron chi connectivity index (χ1n) is 6.80. The van der Waals surface area contributed by atoms with Gasteiger partial charge in [0.1, 0.15) is 12.1 Å². The fraction of sp³-hybridized carbons (Fsp3) is 0.500. The van der Waals surface area contributed by atoms with E-state index in [4.69, 9.17) is 0 Å². The van der Waals surface area contributed by atoms with E-state index in [0.29, 0.717) is 5.92 Å². The summed E-state index contributed by atoms with van der Waals surface area (Å²) in [5, 5.41) is 8.14. The van der Waals surface area contributed by atoms with Gasteiger partial charge in [0.15, 0.2) is 0 Å². The fourth-order valence-corrected chi connectivity index (χ4v) is 2.68. The number of likely N-dealkylation sites (tertiary alicyclic amines) is 1. The minimum atomic E-state index is 0.141. The van der Waals surface area contributed by atoms with Gasteiger partial charge < -0.3 is 4.90 Å². The van der Waals surface area contributed by atoms with Crippen LogP contribution in [0.15, 0.2) is 24.3 Å². The van der Waals surface area contributed by atoms with Gasteiger partial charge in [-0.25, -0.2) is 4.68 Å². The molecule has 1 saturated heterocycles. The second-order valence-corrected chi connectivity index (χ2v) is 5.32. The average Bonchev–Trinajstić information content (AvgIpc) is 2.82. The number of hydrogen-bond donors (Lipinski definition) is 0. The van der Waals surface area contributed by atoms with Crippen LogP contribution in [0, 0.1) is 5.92 Å². The number of hydrogen-bond acceptors (Lipinski definition) is 3. The summed E-state index contributed by atoms with van der Waals surface area (Å²) in [4.78, 5) is 14.2. The van der Waals surface area contributed by atoms with Gasteiger partial charge in [-0.2, -0.15) is 0 Å². The Morgan fingerprint density at radius 1 is 1.42 bits per heavy atom. The number of aromatic nitrogens is 3. The number of piperidine rings is 1. The van der Waals surface area contributed by atoms with Crippen molar-refractivity contribution in [2.45, 2.75) is 26.3 Å². The number of carbonyl (C=O) groups is 1. The largest absolute Gasteiger partial charge is 0.341 e. The van der Waals surface area contributed by atoms with Crippen molar-refractivity contribution in [1.29, 1.82) is 0 Å². The maximum Gasteiger partial charge on any atom is 0.244 e. The van der Waals surface area contributed by atoms with Crippen LogP contribution in [0.3, 0.4) is 0 Å². The molecule has 100 valence electrons. The van der Waals surface area contributed by atoms with Crippen LogP contribution in [0.4, 0.5) is 0 Å². The van der Waals surface area contributed by atoms with E-state index in [2.05, 4.69) is 17.2 Å². The molecule has 0 bridgehead atoms. The topological polar surface area (TPSA) is 51.0 Å². The zero-order valence-electron chi connectivity index (χ0n) is 11.1. The molecule has 0 N–H and O–H groups in total. The van der Waals surface area contributed by atoms with Crippen molar-refractivity contribution in [1.82, 2.24) is 19.9 Å². The van der Waals surface area contributed by atoms with Gasteiger partial charge in [0, 0.05) is 13.1 Å². The van der Waals surface area contributed by atoms with Gasteiger partial charge in [-0.15, -0.1) is 5.10 Å². The minimum absolute atomic E-state index is 0.141. The third-order valence-electron chi connectivity index (χ3n) is 3.71. The van der Waals surface area contributed by atoms with Crippen LogP contribution >= 0.6 is 0 Å². The molecule has 2 heterocycles. The summed E-state index contributed by atoms with van der Waals surface area (Å²) in [6, 6.07) is 7.72. The maximum absolute atomic E-state index is 12.3. The predicted molar refractivity (Wildman–Crippen MR) is 72.5 cm³/mol. The Morgan fingerprint density at radius 3 is 3.11 bits per heavy atom. The minimum Gasteiger partial charge on any atom is -0.341 e. The Balaban J connectivity index is 1.75. The van der Waals surface area contributed by atoms with Crippen molar-refractivity contribution in [3.63, 3.8) is 0 Å². The molecule has 1 aromatic heterocycles. The van der Waals surface area contributed by atoms with E-state index in [1.807, 2.05) is 29.2 Å². The molecule has 0 radical (unpaired) electrons. The highest BCUT2D eigenvalue weighted by molar-refractivity contribution is 5.79. The molecule has 1 aliphatic heterocycles. The van der Waals surface area contributed by atoms with E-state index in [9.17, 15) is 4.79 Å². The van der Waals surface area contributed by atoms with Crippen LogP contribution < -0.4 is 0 Å². The number of rotatable bonds is 2. The smallest absolute Gasteiger partial charge is 0.244 e. The van der Waals surface area contributed by atoms with Crippen LogP contribution in [0.5, 0.6) is 0 Å². The van der Waals surface area contributed by atoms with Gasteiger partial charge in [0.2, 0.25) is 5.91 Å². The lowest BCUT2D eigenvalue weighted by molar-refractivity contribution is -0.133. The van der Waals surface area contributed by atoms with E-state index < -0.39 is 0 Å². The van der Waals surface area contributed by atoms with Gasteiger partial charge in [-0.1, -0.05) is 24.3 Å². The molecule has 1 unspecified atom stereocenters. The normalized spacial score (nSPS) is 19.8. The molecule has 0 aliphatic carbocycles. The van der Waals surface area contributed by atoms with Crippen LogP contribution in [-0.4, -0.2) is 38.9 Å². The highest BCUT2D eigenvalue weighted by atomic mass is 16.2. The van der Waals surface area contributed by atoms with E-state index in [1.54, 1.807) is 4.68 Å². The second kappa shape index (κ2) is 4.99. The van der Waals surface area contributed by atoms with Gasteiger partial charge in [0.25, 0.3) is 0 Å². The Bertz CT molecular complexity index is 592. The van der Waals surface area contributed by atoms with Crippen LogP contribution in [0.1, 0.15) is 19.8 Å². The number of amides is 1. The van der Waals surface area contributed by atoms with Crippen molar-refractivity contribution in [2.75, 3.05) is 13.1 Å². The second-order valence-electron chi connectivity index (χ2n) is 5.32. The Morgan fingerprint density at radius 2 is 2.26 bits per heavy atom. The third kappa shape index (κ3) is 2.45. The molecule has 5 nitrogen and oxygen atoms in total. The molecule has 1 amide bonds. The highest BCUT2D eigenvalue weighted by Gasteiger charge is 2.21. The number of fused-ring (bicyclic) bond motifs is 1. The number of carbonyl (C=O) groups excluding carboxylic acids is 1. The standard InChI is InChI=1S/C14H18N4O/c1-11-5-4-8-17(9-11)14(19)10-18-13-7-3-2-6-12(13)15-16-18/h2-3,6-7,11H,4-5,8-10H2,1H3. The summed E-state index contributed by atoms with van der Waals surface area (Å²) in [6.07, 6.45) is 2.32. The van der Waals surface area contributed by atoms with Crippen molar-refractivity contribution in [3.05, 3.63) is 24.3 Å². The Labute approximate surface area is 112 Å². The SMILES string of the molecule is CC1CCCN(C(=O)Cn2nnc3ccccc32)C1. The molecule has 3 rings (SSSR count). The van der Waals surface area contributed by atoms with E-state index in [1.165, 1.54) is 6.42 Å². The molecule has 0 spiro atoms. The molecule has 0 saturated carbocycles. The lowest BCUT2D eigenvalue weighted by Crippen LogP contribution is -2.41. The van der Waals surface area contributed by atoms with Crippen molar-refractivity contribution in [3.8, 4) is 0 Å². The number of nitrogens with zero attached hydrogens (tertiary/aromatic N) is 4. The molecule has 5 heteroatoms. The predicted octanol–water partition coefficient (Wildman–Crippen LogP) is 1.69. The van der Waals surface area contributed by atoms with Crippen molar-refractivity contribution < 1.29 is 4.79 Å². The molecule has 1 aliphatic rings. The van der Waals surface area contributed by atoms with Gasteiger partial charge in [0.05, 0.1) is 5.52 Å². The number of para-hydroxylation sites is 1. The maximum atomic E-state index is 12.3. The summed E-state index contributed by atoms with van der Waals surface area (Å²) in [5.74, 6) is 0.743. The lowest BCUT2D eigenvalue weighted by Gasteiger charge is -2.30. The van der Waals surface area contributed by atoms with Crippen LogP contribution in [-0.2, 0) is 11.3 Å². The summed E-state index contributed by atoms with van der Waals surface area (Å²) in [5.41, 5.74) is 1.75. The summed E-state index contributed by atoms with van der Waals surface area (Å²) in [7, 11) is 0. The zero-order chi connectivity index (χ0) is 13.2. The molecule has 19 heavy (non-hydrogen) atoms. The van der Waals surface area contributed by atoms with Gasteiger partial charge in [-0.05, 0) is 30.9 Å². The van der Waals surface area contributed by atoms with Gasteiger partial charge >= 0.3 is 0 Å². The zero-order valence-corrected chi connectivity index (χ0v) is 11.1. The van der Waals surface area contributed by atoms with E-state index in [0.717, 1.165) is 30.5 Å². The fourth-order valence-electron chi connectivity index (χ4n) is 2.68. The molecule has 1 fully saturated rings. The highest BCUT2D eigenvalue weighted by Crippen LogP contribution is 2.16. The van der Waals surface area contributed by atoms with Crippen LogP contribution in [0.25, 0.3) is 11.0 Å². The lowest BCUT2D eigenvalue weighted by atomic mass is 10.0. The molecule has 2 aromatic rings. The monoisotopic (exact) mass is 258 g/mol. The van der Waals surface area contributed by atoms with Crippen LogP contribution in [0.2, 0.25) is 0 Å². The quantitative estimate of drug-likeness (QED) is 0.823. The third-order valence-corrected chi connectivity index (χ3v) is 3.71. The number of benzene rings is 1. The van der Waals surface area contributed by atoms with Gasteiger partial charge in [-0.3, -0.25) is 4.79 Å². The van der Waals surface area contributed by atoms with Crippen molar-refractivity contribution in [2.24, 2.45) is 5.92 Å². The van der Waals surface area contributed by atoms with E-state index in [-0.39, 0.29) is 12.5 Å². The first-order chi connectivity index (χ1) is 9.24. The summed E-state index contributed by atoms with van der Waals surface area (Å²) < 4.78 is 1.69.